The monoisotopic (exact) mass is 227 g/mol. The molecule has 4 heteroatoms. The highest BCUT2D eigenvalue weighted by Crippen LogP contribution is 2.13. The largest absolute Gasteiger partial charge is 0.465 e. The Labute approximate surface area is 94.5 Å². The summed E-state index contributed by atoms with van der Waals surface area (Å²) in [5.74, 6) is -0.189. The Morgan fingerprint density at radius 3 is 2.87 bits per heavy atom. The molecule has 0 amide bonds. The van der Waals surface area contributed by atoms with Gasteiger partial charge in [-0.05, 0) is 42.7 Å². The standard InChI is InChI=1S/C11H17NO2S/c1-4-14-11(13)9(3)12-5-10-7-15-6-8(10)2/h6-7,9,12H,4-5H2,1-3H3. The molecule has 3 nitrogen and oxygen atoms in total. The van der Waals surface area contributed by atoms with Crippen LogP contribution in [0.5, 0.6) is 0 Å². The molecule has 0 aliphatic rings. The molecule has 15 heavy (non-hydrogen) atoms. The topological polar surface area (TPSA) is 38.3 Å². The van der Waals surface area contributed by atoms with Crippen LogP contribution in [-0.2, 0) is 16.1 Å². The summed E-state index contributed by atoms with van der Waals surface area (Å²) in [5.41, 5.74) is 2.51. The first-order valence-electron chi connectivity index (χ1n) is 5.06. The highest BCUT2D eigenvalue weighted by molar-refractivity contribution is 7.08. The van der Waals surface area contributed by atoms with E-state index in [-0.39, 0.29) is 12.0 Å². The van der Waals surface area contributed by atoms with Crippen molar-refractivity contribution in [1.82, 2.24) is 5.32 Å². The van der Waals surface area contributed by atoms with Crippen LogP contribution in [0.3, 0.4) is 0 Å². The highest BCUT2D eigenvalue weighted by Gasteiger charge is 2.13. The third kappa shape index (κ3) is 3.64. The van der Waals surface area contributed by atoms with Crippen LogP contribution in [-0.4, -0.2) is 18.6 Å². The van der Waals surface area contributed by atoms with E-state index in [1.54, 1.807) is 11.3 Å². The summed E-state index contributed by atoms with van der Waals surface area (Å²) < 4.78 is 4.90. The molecule has 1 atom stereocenters. The number of rotatable bonds is 5. The van der Waals surface area contributed by atoms with Crippen LogP contribution in [0.1, 0.15) is 25.0 Å². The first-order chi connectivity index (χ1) is 7.15. The van der Waals surface area contributed by atoms with Gasteiger partial charge in [0, 0.05) is 6.54 Å². The smallest absolute Gasteiger partial charge is 0.322 e. The molecule has 1 aromatic rings. The lowest BCUT2D eigenvalue weighted by molar-refractivity contribution is -0.145. The van der Waals surface area contributed by atoms with Gasteiger partial charge in [-0.15, -0.1) is 0 Å². The zero-order valence-corrected chi connectivity index (χ0v) is 10.2. The first kappa shape index (κ1) is 12.2. The van der Waals surface area contributed by atoms with Crippen LogP contribution in [0, 0.1) is 6.92 Å². The number of carbonyl (C=O) groups excluding carboxylic acids is 1. The third-order valence-corrected chi connectivity index (χ3v) is 3.11. The van der Waals surface area contributed by atoms with Gasteiger partial charge in [0.1, 0.15) is 6.04 Å². The van der Waals surface area contributed by atoms with Crippen molar-refractivity contribution in [2.45, 2.75) is 33.4 Å². The van der Waals surface area contributed by atoms with Crippen molar-refractivity contribution in [2.24, 2.45) is 0 Å². The lowest BCUT2D eigenvalue weighted by atomic mass is 10.2. The molecule has 0 saturated heterocycles. The van der Waals surface area contributed by atoms with Crippen molar-refractivity contribution in [3.05, 3.63) is 21.9 Å². The number of carbonyl (C=O) groups is 1. The maximum atomic E-state index is 11.3. The van der Waals surface area contributed by atoms with Crippen molar-refractivity contribution in [3.63, 3.8) is 0 Å². The fourth-order valence-electron chi connectivity index (χ4n) is 1.18. The number of nitrogens with one attached hydrogen (secondary N) is 1. The molecule has 84 valence electrons. The van der Waals surface area contributed by atoms with E-state index >= 15 is 0 Å². The molecule has 0 aliphatic heterocycles. The summed E-state index contributed by atoms with van der Waals surface area (Å²) in [7, 11) is 0. The minimum Gasteiger partial charge on any atom is -0.465 e. The molecule has 1 rings (SSSR count). The van der Waals surface area contributed by atoms with Crippen molar-refractivity contribution in [1.29, 1.82) is 0 Å². The Morgan fingerprint density at radius 2 is 2.33 bits per heavy atom. The van der Waals surface area contributed by atoms with Crippen LogP contribution < -0.4 is 5.32 Å². The number of hydrogen-bond donors (Lipinski definition) is 1. The van der Waals surface area contributed by atoms with Gasteiger partial charge < -0.3 is 10.1 Å². The van der Waals surface area contributed by atoms with E-state index < -0.39 is 0 Å². The average molecular weight is 227 g/mol. The second kappa shape index (κ2) is 5.88. The van der Waals surface area contributed by atoms with Gasteiger partial charge in [-0.25, -0.2) is 0 Å². The van der Waals surface area contributed by atoms with Crippen LogP contribution >= 0.6 is 11.3 Å². The van der Waals surface area contributed by atoms with Gasteiger partial charge in [0.15, 0.2) is 0 Å². The summed E-state index contributed by atoms with van der Waals surface area (Å²) in [5, 5.41) is 7.34. The zero-order valence-electron chi connectivity index (χ0n) is 9.37. The molecule has 1 aromatic heterocycles. The predicted molar refractivity (Wildman–Crippen MR) is 62.0 cm³/mol. The molecular formula is C11H17NO2S. The number of aryl methyl sites for hydroxylation is 1. The quantitative estimate of drug-likeness (QED) is 0.783. The Hall–Kier alpha value is -0.870. The van der Waals surface area contributed by atoms with E-state index in [0.29, 0.717) is 6.61 Å². The summed E-state index contributed by atoms with van der Waals surface area (Å²) in [6, 6.07) is -0.246. The number of hydrogen-bond acceptors (Lipinski definition) is 4. The molecule has 0 bridgehead atoms. The molecule has 0 fully saturated rings. The first-order valence-corrected chi connectivity index (χ1v) is 6.01. The van der Waals surface area contributed by atoms with Crippen molar-refractivity contribution in [3.8, 4) is 0 Å². The van der Waals surface area contributed by atoms with Crippen LogP contribution in [0.2, 0.25) is 0 Å². The molecule has 1 N–H and O–H groups in total. The van der Waals surface area contributed by atoms with Gasteiger partial charge >= 0.3 is 5.97 Å². The summed E-state index contributed by atoms with van der Waals surface area (Å²) in [6.07, 6.45) is 0. The van der Waals surface area contributed by atoms with Gasteiger partial charge in [-0.3, -0.25) is 4.79 Å². The highest BCUT2D eigenvalue weighted by atomic mass is 32.1. The Balaban J connectivity index is 2.37. The molecule has 0 aromatic carbocycles. The van der Waals surface area contributed by atoms with E-state index in [4.69, 9.17) is 4.74 Å². The van der Waals surface area contributed by atoms with E-state index in [0.717, 1.165) is 6.54 Å². The summed E-state index contributed by atoms with van der Waals surface area (Å²) >= 11 is 1.68. The second-order valence-electron chi connectivity index (χ2n) is 3.43. The van der Waals surface area contributed by atoms with Crippen molar-refractivity contribution >= 4 is 17.3 Å². The van der Waals surface area contributed by atoms with Gasteiger partial charge in [-0.2, -0.15) is 11.3 Å². The van der Waals surface area contributed by atoms with Crippen LogP contribution in [0.15, 0.2) is 10.8 Å². The molecule has 0 saturated carbocycles. The molecule has 1 heterocycles. The van der Waals surface area contributed by atoms with Gasteiger partial charge in [0.05, 0.1) is 6.61 Å². The lowest BCUT2D eigenvalue weighted by Crippen LogP contribution is -2.34. The van der Waals surface area contributed by atoms with Gasteiger partial charge in [-0.1, -0.05) is 0 Å². The van der Waals surface area contributed by atoms with E-state index in [1.807, 2.05) is 13.8 Å². The molecule has 0 aliphatic carbocycles. The van der Waals surface area contributed by atoms with Crippen LogP contribution in [0.25, 0.3) is 0 Å². The van der Waals surface area contributed by atoms with Crippen molar-refractivity contribution in [2.75, 3.05) is 6.61 Å². The maximum Gasteiger partial charge on any atom is 0.322 e. The molecule has 1 unspecified atom stereocenters. The second-order valence-corrected chi connectivity index (χ2v) is 4.18. The summed E-state index contributed by atoms with van der Waals surface area (Å²) in [4.78, 5) is 11.3. The molecule has 0 spiro atoms. The number of ether oxygens (including phenoxy) is 1. The SMILES string of the molecule is CCOC(=O)C(C)NCc1cscc1C. The fraction of sp³-hybridized carbons (Fsp3) is 0.545. The van der Waals surface area contributed by atoms with E-state index in [2.05, 4.69) is 23.0 Å². The Morgan fingerprint density at radius 1 is 1.60 bits per heavy atom. The van der Waals surface area contributed by atoms with E-state index in [9.17, 15) is 4.79 Å². The van der Waals surface area contributed by atoms with Crippen LogP contribution in [0.4, 0.5) is 0 Å². The fourth-order valence-corrected chi connectivity index (χ4v) is 2.04. The minimum absolute atomic E-state index is 0.189. The average Bonchev–Trinajstić information content (AvgIpc) is 2.61. The predicted octanol–water partition coefficient (Wildman–Crippen LogP) is 2.10. The minimum atomic E-state index is -0.246. The molecule has 0 radical (unpaired) electrons. The zero-order chi connectivity index (χ0) is 11.3. The summed E-state index contributed by atoms with van der Waals surface area (Å²) in [6.45, 7) is 6.85. The van der Waals surface area contributed by atoms with Gasteiger partial charge in [0.25, 0.3) is 0 Å². The maximum absolute atomic E-state index is 11.3. The Bertz CT molecular complexity index is 322. The van der Waals surface area contributed by atoms with E-state index in [1.165, 1.54) is 11.1 Å². The third-order valence-electron chi connectivity index (χ3n) is 2.20. The lowest BCUT2D eigenvalue weighted by Gasteiger charge is -2.12. The Kier molecular flexibility index (Phi) is 4.78. The van der Waals surface area contributed by atoms with Gasteiger partial charge in [0.2, 0.25) is 0 Å². The molecular weight excluding hydrogens is 210 g/mol. The number of esters is 1. The van der Waals surface area contributed by atoms with Crippen molar-refractivity contribution < 1.29 is 9.53 Å². The normalized spacial score (nSPS) is 12.5. The number of thiophene rings is 1.